The summed E-state index contributed by atoms with van der Waals surface area (Å²) in [5.41, 5.74) is 5.21. The average molecular weight is 726 g/mol. The van der Waals surface area contributed by atoms with E-state index < -0.39 is 0 Å². The number of hydrogen-bond acceptors (Lipinski definition) is 2. The summed E-state index contributed by atoms with van der Waals surface area (Å²) in [6, 6.07) is 43.2. The molecule has 0 saturated heterocycles. The van der Waals surface area contributed by atoms with E-state index in [9.17, 15) is 0 Å². The molecule has 4 nitrogen and oxygen atoms in total. The molecular weight excluding hydrogens is 667 g/mol. The Morgan fingerprint density at radius 2 is 0.674 bits per heavy atom. The van der Waals surface area contributed by atoms with Crippen molar-refractivity contribution in [3.8, 4) is 0 Å². The van der Waals surface area contributed by atoms with Crippen LogP contribution < -0.4 is 10.6 Å². The van der Waals surface area contributed by atoms with Gasteiger partial charge in [-0.2, -0.15) is 13.1 Å². The van der Waals surface area contributed by atoms with E-state index in [4.69, 9.17) is 0 Å². The fourth-order valence-electron chi connectivity index (χ4n) is 4.47. The average Bonchev–Trinajstić information content (AvgIpc) is 3.03. The summed E-state index contributed by atoms with van der Waals surface area (Å²) in [6.07, 6.45) is 0. The topological polar surface area (TPSA) is 52.3 Å². The second kappa shape index (κ2) is 30.3. The molecule has 0 heterocycles. The number of nitrogens with one attached hydrogen (secondary N) is 2. The Bertz CT molecular complexity index is 975. The Kier molecular flexibility index (Phi) is 33.5. The molecule has 0 aliphatic rings. The van der Waals surface area contributed by atoms with Gasteiger partial charge in [0.05, 0.1) is 0 Å². The van der Waals surface area contributed by atoms with Gasteiger partial charge < -0.3 is 51.0 Å². The Balaban J connectivity index is -0.000000339. The first-order valence-corrected chi connectivity index (χ1v) is 14.5. The Morgan fingerprint density at radius 3 is 0.935 bits per heavy atom. The molecule has 4 atom stereocenters. The van der Waals surface area contributed by atoms with Crippen LogP contribution in [0.15, 0.2) is 121 Å². The van der Waals surface area contributed by atoms with Gasteiger partial charge in [-0.3, -0.25) is 0 Å². The van der Waals surface area contributed by atoms with Crippen LogP contribution in [0.5, 0.6) is 0 Å². The molecule has 0 fully saturated rings. The zero-order valence-electron chi connectivity index (χ0n) is 30.0. The van der Waals surface area contributed by atoms with Crippen molar-refractivity contribution < 1.29 is 39.0 Å². The van der Waals surface area contributed by atoms with Crippen molar-refractivity contribution in [2.24, 2.45) is 0 Å². The van der Waals surface area contributed by atoms with Crippen molar-refractivity contribution >= 4 is 0 Å². The number of hydrogen-bond donors (Lipinski definition) is 2. The van der Waals surface area contributed by atoms with E-state index in [1.54, 1.807) is 0 Å². The van der Waals surface area contributed by atoms with Crippen LogP contribution in [0.4, 0.5) is 0 Å². The van der Waals surface area contributed by atoms with Crippen LogP contribution in [-0.2, 0) is 39.0 Å². The minimum Gasteiger partial charge on any atom is -0.657 e. The molecule has 0 radical (unpaired) electrons. The minimum atomic E-state index is 0. The SMILES string of the molecule is C[C@@H](NCCN[C@H](C)c1ccccc1)c1ccccc1.C[C@H]([N-]CC[N-][C@@H](C)c1ccccc1)c1ccccc1.[CH3-].[CH3-].[CH3-].[CH3-].[Zn+2].[Zn]. The third-order valence-electron chi connectivity index (χ3n) is 7.10. The van der Waals surface area contributed by atoms with Gasteiger partial charge in [0.2, 0.25) is 0 Å². The molecule has 0 aromatic heterocycles. The third kappa shape index (κ3) is 19.6. The number of benzene rings is 4. The summed E-state index contributed by atoms with van der Waals surface area (Å²) >= 11 is 0. The fraction of sp³-hybridized carbons (Fsp3) is 0.300. The van der Waals surface area contributed by atoms with Crippen molar-refractivity contribution in [1.82, 2.24) is 10.6 Å². The van der Waals surface area contributed by atoms with Gasteiger partial charge in [-0.15, -0.1) is 12.1 Å². The molecule has 0 amide bonds. The molecule has 0 unspecified atom stereocenters. The molecular formula is C40H58N4Zn2-4. The molecule has 0 bridgehead atoms. The van der Waals surface area contributed by atoms with Crippen molar-refractivity contribution in [3.05, 3.63) is 184 Å². The summed E-state index contributed by atoms with van der Waals surface area (Å²) in [5, 5.41) is 16.4. The van der Waals surface area contributed by atoms with Crippen LogP contribution >= 0.6 is 0 Å². The molecule has 46 heavy (non-hydrogen) atoms. The quantitative estimate of drug-likeness (QED) is 0.0773. The fourth-order valence-corrected chi connectivity index (χ4v) is 4.47. The molecule has 4 aromatic carbocycles. The van der Waals surface area contributed by atoms with Gasteiger partial charge in [0, 0.05) is 44.7 Å². The first-order chi connectivity index (χ1) is 19.5. The van der Waals surface area contributed by atoms with E-state index in [1.165, 1.54) is 22.3 Å². The summed E-state index contributed by atoms with van der Waals surface area (Å²) < 4.78 is 0. The first kappa shape index (κ1) is 50.8. The van der Waals surface area contributed by atoms with Crippen LogP contribution in [0, 0.1) is 29.7 Å². The van der Waals surface area contributed by atoms with E-state index in [1.807, 2.05) is 12.1 Å². The molecule has 0 aliphatic heterocycles. The standard InChI is InChI=1S/C18H24N2.C18H22N2.4CH3.2Zn/c2*1-15(17-9-5-3-6-10-17)19-13-14-20-16(2)18-11-7-4-8-12-18;;;;;;/h3-12,15-16,19-20H,13-14H2,1-2H3;3-12,15-16H,13-14H2,1-2H3;4*1H3;;/q;-2;4*-1;;+2/t2*15-,16-;;;;;;/m10....../s1. The summed E-state index contributed by atoms with van der Waals surface area (Å²) in [4.78, 5) is 0. The maximum absolute atomic E-state index is 4.67. The molecule has 0 spiro atoms. The maximum Gasteiger partial charge on any atom is 2.00 e. The molecule has 0 saturated carbocycles. The molecule has 0 aliphatic carbocycles. The van der Waals surface area contributed by atoms with Gasteiger partial charge >= 0.3 is 19.5 Å². The third-order valence-corrected chi connectivity index (χ3v) is 7.10. The zero-order valence-corrected chi connectivity index (χ0v) is 35.9. The van der Waals surface area contributed by atoms with E-state index >= 15 is 0 Å². The van der Waals surface area contributed by atoms with Gasteiger partial charge in [-0.1, -0.05) is 146 Å². The van der Waals surface area contributed by atoms with E-state index in [0.29, 0.717) is 12.1 Å². The molecule has 246 valence electrons. The second-order valence-electron chi connectivity index (χ2n) is 10.2. The van der Waals surface area contributed by atoms with Crippen LogP contribution in [0.2, 0.25) is 0 Å². The van der Waals surface area contributed by atoms with Crippen molar-refractivity contribution in [2.45, 2.75) is 51.9 Å². The maximum atomic E-state index is 4.67. The van der Waals surface area contributed by atoms with Crippen molar-refractivity contribution in [1.29, 1.82) is 0 Å². The monoisotopic (exact) mass is 722 g/mol. The first-order valence-electron chi connectivity index (χ1n) is 14.5. The van der Waals surface area contributed by atoms with E-state index in [0.717, 1.165) is 26.2 Å². The predicted molar refractivity (Wildman–Crippen MR) is 198 cm³/mol. The molecule has 6 heteroatoms. The number of nitrogens with zero attached hydrogens (tertiary/aromatic N) is 2. The van der Waals surface area contributed by atoms with Crippen LogP contribution in [-0.4, -0.2) is 26.2 Å². The van der Waals surface area contributed by atoms with Crippen molar-refractivity contribution in [2.75, 3.05) is 26.2 Å². The van der Waals surface area contributed by atoms with Gasteiger partial charge in [0.15, 0.2) is 0 Å². The van der Waals surface area contributed by atoms with Gasteiger partial charge in [-0.05, 0) is 25.0 Å². The van der Waals surface area contributed by atoms with E-state index in [2.05, 4.69) is 158 Å². The van der Waals surface area contributed by atoms with Crippen LogP contribution in [0.25, 0.3) is 10.6 Å². The van der Waals surface area contributed by atoms with Gasteiger partial charge in [0.1, 0.15) is 0 Å². The largest absolute Gasteiger partial charge is 2.00 e. The van der Waals surface area contributed by atoms with Gasteiger partial charge in [0.25, 0.3) is 0 Å². The zero-order chi connectivity index (χ0) is 28.4. The summed E-state index contributed by atoms with van der Waals surface area (Å²) in [5.74, 6) is 0. The molecule has 4 aromatic rings. The Hall–Kier alpha value is -2.03. The minimum absolute atomic E-state index is 0. The summed E-state index contributed by atoms with van der Waals surface area (Å²) in [7, 11) is 0. The van der Waals surface area contributed by atoms with Crippen LogP contribution in [0.1, 0.15) is 74.1 Å². The number of rotatable bonds is 14. The smallest absolute Gasteiger partial charge is 0.657 e. The normalized spacial score (nSPS) is 12.1. The Labute approximate surface area is 309 Å². The van der Waals surface area contributed by atoms with E-state index in [-0.39, 0.29) is 80.7 Å². The molecule has 2 N–H and O–H groups in total. The summed E-state index contributed by atoms with van der Waals surface area (Å²) in [6.45, 7) is 12.2. The van der Waals surface area contributed by atoms with Crippen LogP contribution in [0.3, 0.4) is 0 Å². The predicted octanol–water partition coefficient (Wildman–Crippen LogP) is 10.7. The van der Waals surface area contributed by atoms with Crippen molar-refractivity contribution in [3.63, 3.8) is 0 Å². The van der Waals surface area contributed by atoms with Gasteiger partial charge in [-0.25, -0.2) is 0 Å². The molecule has 4 rings (SSSR count). The Morgan fingerprint density at radius 1 is 0.435 bits per heavy atom. The second-order valence-corrected chi connectivity index (χ2v) is 10.2.